The molecule has 0 bridgehead atoms. The number of nitrogens with zero attached hydrogens (tertiary/aromatic N) is 3. The lowest BCUT2D eigenvalue weighted by Gasteiger charge is -2.29. The number of hydrogen-bond donors (Lipinski definition) is 1. The Bertz CT molecular complexity index is 988. The van der Waals surface area contributed by atoms with E-state index in [1.807, 2.05) is 43.5 Å². The molecule has 1 fully saturated rings. The first-order valence-corrected chi connectivity index (χ1v) is 9.72. The Kier molecular flexibility index (Phi) is 5.05. The smallest absolute Gasteiger partial charge is 0.270 e. The summed E-state index contributed by atoms with van der Waals surface area (Å²) in [7, 11) is 0. The number of rotatable bonds is 4. The largest absolute Gasteiger partial charge is 0.378 e. The standard InChI is InChI=1S/C22H26N4O2/c1-15-5-4-10-26-20(17(3)23-21(15)26)22(27)24-16(2)18-6-8-19(9-7-18)25-11-13-28-14-12-25/h4-10,16H,11-14H2,1-3H3,(H,24,27)/t16-/m0/s1. The van der Waals surface area contributed by atoms with Gasteiger partial charge in [-0.1, -0.05) is 18.2 Å². The number of carbonyl (C=O) groups excluding carboxylic acids is 1. The Balaban J connectivity index is 1.50. The molecule has 1 saturated heterocycles. The topological polar surface area (TPSA) is 58.9 Å². The molecule has 1 aromatic carbocycles. The van der Waals surface area contributed by atoms with Crippen LogP contribution in [-0.2, 0) is 4.74 Å². The minimum Gasteiger partial charge on any atom is -0.378 e. The van der Waals surface area contributed by atoms with Gasteiger partial charge in [0.25, 0.3) is 5.91 Å². The second-order valence-electron chi connectivity index (χ2n) is 7.32. The molecule has 1 amide bonds. The van der Waals surface area contributed by atoms with E-state index in [0.717, 1.165) is 48.8 Å². The molecule has 0 radical (unpaired) electrons. The van der Waals surface area contributed by atoms with Gasteiger partial charge in [-0.2, -0.15) is 0 Å². The number of carbonyl (C=O) groups is 1. The average molecular weight is 378 g/mol. The van der Waals surface area contributed by atoms with Gasteiger partial charge in [-0.15, -0.1) is 0 Å². The van der Waals surface area contributed by atoms with Crippen LogP contribution in [0.15, 0.2) is 42.6 Å². The van der Waals surface area contributed by atoms with E-state index in [-0.39, 0.29) is 11.9 Å². The van der Waals surface area contributed by atoms with Crippen LogP contribution >= 0.6 is 0 Å². The van der Waals surface area contributed by atoms with Crippen LogP contribution < -0.4 is 10.2 Å². The third kappa shape index (κ3) is 3.47. The second-order valence-corrected chi connectivity index (χ2v) is 7.32. The van der Waals surface area contributed by atoms with Crippen molar-refractivity contribution in [1.29, 1.82) is 0 Å². The fourth-order valence-corrected chi connectivity index (χ4v) is 3.73. The zero-order chi connectivity index (χ0) is 19.7. The number of ether oxygens (including phenoxy) is 1. The number of pyridine rings is 1. The summed E-state index contributed by atoms with van der Waals surface area (Å²) in [6.07, 6.45) is 1.89. The number of amides is 1. The Morgan fingerprint density at radius 2 is 1.86 bits per heavy atom. The van der Waals surface area contributed by atoms with Crippen molar-refractivity contribution >= 4 is 17.2 Å². The molecule has 28 heavy (non-hydrogen) atoms. The van der Waals surface area contributed by atoms with E-state index in [0.29, 0.717) is 5.69 Å². The SMILES string of the molecule is Cc1nc2c(C)cccn2c1C(=O)N[C@@H](C)c1ccc(N2CCOCC2)cc1. The molecule has 146 valence electrons. The highest BCUT2D eigenvalue weighted by Gasteiger charge is 2.20. The van der Waals surface area contributed by atoms with Crippen LogP contribution in [0.4, 0.5) is 5.69 Å². The fourth-order valence-electron chi connectivity index (χ4n) is 3.73. The highest BCUT2D eigenvalue weighted by molar-refractivity contribution is 5.95. The lowest BCUT2D eigenvalue weighted by molar-refractivity contribution is 0.0933. The molecule has 4 rings (SSSR count). The second kappa shape index (κ2) is 7.64. The molecule has 0 unspecified atom stereocenters. The van der Waals surface area contributed by atoms with Crippen LogP contribution in [0, 0.1) is 13.8 Å². The molecule has 6 nitrogen and oxygen atoms in total. The summed E-state index contributed by atoms with van der Waals surface area (Å²) < 4.78 is 7.28. The number of anilines is 1. The summed E-state index contributed by atoms with van der Waals surface area (Å²) in [4.78, 5) is 19.8. The molecule has 3 heterocycles. The molecule has 1 aliphatic heterocycles. The molecular weight excluding hydrogens is 352 g/mol. The van der Waals surface area contributed by atoms with Crippen molar-refractivity contribution in [1.82, 2.24) is 14.7 Å². The monoisotopic (exact) mass is 378 g/mol. The van der Waals surface area contributed by atoms with Gasteiger partial charge in [-0.25, -0.2) is 4.98 Å². The van der Waals surface area contributed by atoms with Gasteiger partial charge in [0.1, 0.15) is 11.3 Å². The van der Waals surface area contributed by atoms with Crippen molar-refractivity contribution in [3.63, 3.8) is 0 Å². The minimum atomic E-state index is -0.111. The van der Waals surface area contributed by atoms with Crippen LogP contribution in [0.3, 0.4) is 0 Å². The number of aromatic nitrogens is 2. The van der Waals surface area contributed by atoms with E-state index in [4.69, 9.17) is 4.74 Å². The summed E-state index contributed by atoms with van der Waals surface area (Å²) in [5, 5.41) is 3.12. The molecule has 1 atom stereocenters. The number of nitrogens with one attached hydrogen (secondary N) is 1. The number of morpholine rings is 1. The van der Waals surface area contributed by atoms with E-state index in [2.05, 4.69) is 39.5 Å². The fraction of sp³-hybridized carbons (Fsp3) is 0.364. The molecule has 1 N–H and O–H groups in total. The van der Waals surface area contributed by atoms with Gasteiger partial charge in [0.15, 0.2) is 0 Å². The van der Waals surface area contributed by atoms with Gasteiger partial charge in [-0.3, -0.25) is 9.20 Å². The van der Waals surface area contributed by atoms with Gasteiger partial charge < -0.3 is 15.0 Å². The van der Waals surface area contributed by atoms with Crippen LogP contribution in [-0.4, -0.2) is 41.6 Å². The highest BCUT2D eigenvalue weighted by atomic mass is 16.5. The molecule has 0 saturated carbocycles. The molecule has 6 heteroatoms. The van der Waals surface area contributed by atoms with Gasteiger partial charge >= 0.3 is 0 Å². The maximum absolute atomic E-state index is 13.0. The van der Waals surface area contributed by atoms with Crippen LogP contribution in [0.1, 0.15) is 40.3 Å². The van der Waals surface area contributed by atoms with Gasteiger partial charge in [0, 0.05) is 25.0 Å². The molecule has 3 aromatic rings. The van der Waals surface area contributed by atoms with Crippen LogP contribution in [0.5, 0.6) is 0 Å². The molecule has 0 spiro atoms. The maximum atomic E-state index is 13.0. The van der Waals surface area contributed by atoms with Crippen molar-refractivity contribution in [3.05, 3.63) is 65.1 Å². The van der Waals surface area contributed by atoms with Gasteiger partial charge in [0.05, 0.1) is 24.9 Å². The summed E-state index contributed by atoms with van der Waals surface area (Å²) in [6, 6.07) is 12.2. The van der Waals surface area contributed by atoms with E-state index in [1.165, 1.54) is 5.69 Å². The average Bonchev–Trinajstić information content (AvgIpc) is 3.06. The number of hydrogen-bond acceptors (Lipinski definition) is 4. The Morgan fingerprint density at radius 1 is 1.14 bits per heavy atom. The third-order valence-electron chi connectivity index (χ3n) is 5.35. The van der Waals surface area contributed by atoms with Crippen molar-refractivity contribution in [2.45, 2.75) is 26.8 Å². The summed E-state index contributed by atoms with van der Waals surface area (Å²) in [5.74, 6) is -0.111. The predicted octanol–water partition coefficient (Wildman–Crippen LogP) is 3.28. The van der Waals surface area contributed by atoms with Crippen LogP contribution in [0.25, 0.3) is 5.65 Å². The molecule has 1 aliphatic rings. The lowest BCUT2D eigenvalue weighted by Crippen LogP contribution is -2.36. The van der Waals surface area contributed by atoms with E-state index in [1.54, 1.807) is 0 Å². The van der Waals surface area contributed by atoms with Crippen LogP contribution in [0.2, 0.25) is 0 Å². The maximum Gasteiger partial charge on any atom is 0.270 e. The number of fused-ring (bicyclic) bond motifs is 1. The van der Waals surface area contributed by atoms with E-state index >= 15 is 0 Å². The van der Waals surface area contributed by atoms with Crippen molar-refractivity contribution in [2.75, 3.05) is 31.2 Å². The zero-order valence-electron chi connectivity index (χ0n) is 16.6. The summed E-state index contributed by atoms with van der Waals surface area (Å²) in [5.41, 5.74) is 5.48. The number of aryl methyl sites for hydroxylation is 2. The zero-order valence-corrected chi connectivity index (χ0v) is 16.6. The quantitative estimate of drug-likeness (QED) is 0.757. The molecule has 0 aliphatic carbocycles. The summed E-state index contributed by atoms with van der Waals surface area (Å²) in [6.45, 7) is 9.26. The van der Waals surface area contributed by atoms with Gasteiger partial charge in [-0.05, 0) is 50.1 Å². The first-order valence-electron chi connectivity index (χ1n) is 9.72. The molecule has 2 aromatic heterocycles. The molecular formula is C22H26N4O2. The van der Waals surface area contributed by atoms with E-state index in [9.17, 15) is 4.79 Å². The van der Waals surface area contributed by atoms with Crippen molar-refractivity contribution in [2.24, 2.45) is 0 Å². The number of benzene rings is 1. The highest BCUT2D eigenvalue weighted by Crippen LogP contribution is 2.21. The third-order valence-corrected chi connectivity index (χ3v) is 5.35. The van der Waals surface area contributed by atoms with Crippen molar-refractivity contribution < 1.29 is 9.53 Å². The lowest BCUT2D eigenvalue weighted by atomic mass is 10.1. The van der Waals surface area contributed by atoms with Crippen molar-refractivity contribution in [3.8, 4) is 0 Å². The first-order chi connectivity index (χ1) is 13.5. The van der Waals surface area contributed by atoms with E-state index < -0.39 is 0 Å². The normalized spacial score (nSPS) is 15.6. The number of imidazole rings is 1. The minimum absolute atomic E-state index is 0.0963. The van der Waals surface area contributed by atoms with Gasteiger partial charge in [0.2, 0.25) is 0 Å². The predicted molar refractivity (Wildman–Crippen MR) is 110 cm³/mol. The Hall–Kier alpha value is -2.86. The first kappa shape index (κ1) is 18.5. The summed E-state index contributed by atoms with van der Waals surface area (Å²) >= 11 is 0. The Labute approximate surface area is 165 Å². The Morgan fingerprint density at radius 3 is 2.57 bits per heavy atom.